The van der Waals surface area contributed by atoms with Gasteiger partial charge < -0.3 is 21.1 Å². The van der Waals surface area contributed by atoms with Gasteiger partial charge in [-0.1, -0.05) is 26.0 Å². The van der Waals surface area contributed by atoms with Crippen LogP contribution in [0.2, 0.25) is 0 Å². The highest BCUT2D eigenvalue weighted by Crippen LogP contribution is 2.16. The van der Waals surface area contributed by atoms with E-state index in [0.29, 0.717) is 0 Å². The zero-order valence-corrected chi connectivity index (χ0v) is 13.6. The number of rotatable bonds is 8. The molecule has 2 atom stereocenters. The van der Waals surface area contributed by atoms with Gasteiger partial charge in [-0.3, -0.25) is 9.59 Å². The number of ether oxygens (including phenoxy) is 1. The van der Waals surface area contributed by atoms with Crippen molar-refractivity contribution in [1.29, 1.82) is 0 Å². The largest absolute Gasteiger partial charge is 0.486 e. The first-order valence-corrected chi connectivity index (χ1v) is 7.52. The van der Waals surface area contributed by atoms with E-state index < -0.39 is 18.0 Å². The molecule has 0 aromatic heterocycles. The van der Waals surface area contributed by atoms with Gasteiger partial charge in [0, 0.05) is 0 Å². The second kappa shape index (κ2) is 9.09. The molecule has 0 heterocycles. The minimum Gasteiger partial charge on any atom is -0.486 e. The number of nitrogens with two attached hydrogens (primary N) is 1. The van der Waals surface area contributed by atoms with Crippen LogP contribution in [-0.2, 0) is 9.59 Å². The Hall–Kier alpha value is -2.15. The molecule has 0 saturated heterocycles. The quantitative estimate of drug-likeness (QED) is 0.659. The number of para-hydroxylation sites is 1. The number of amides is 2. The molecular formula is C16H24FN3O3. The fourth-order valence-electron chi connectivity index (χ4n) is 1.71. The van der Waals surface area contributed by atoms with Crippen LogP contribution in [0.5, 0.6) is 5.75 Å². The Balaban J connectivity index is 2.30. The molecule has 0 saturated carbocycles. The van der Waals surface area contributed by atoms with Crippen molar-refractivity contribution in [2.24, 2.45) is 11.7 Å². The molecule has 4 N–H and O–H groups in total. The Kier molecular flexibility index (Phi) is 7.47. The minimum absolute atomic E-state index is 0.00717. The molecule has 0 bridgehead atoms. The first kappa shape index (κ1) is 18.9. The van der Waals surface area contributed by atoms with Crippen molar-refractivity contribution in [3.8, 4) is 5.75 Å². The fourth-order valence-corrected chi connectivity index (χ4v) is 1.71. The second-order valence-corrected chi connectivity index (χ2v) is 5.65. The molecule has 0 aliphatic heterocycles. The lowest BCUT2D eigenvalue weighted by Gasteiger charge is -2.17. The van der Waals surface area contributed by atoms with E-state index in [9.17, 15) is 14.0 Å². The lowest BCUT2D eigenvalue weighted by molar-refractivity contribution is -0.127. The summed E-state index contributed by atoms with van der Waals surface area (Å²) >= 11 is 0. The van der Waals surface area contributed by atoms with Crippen molar-refractivity contribution in [1.82, 2.24) is 10.6 Å². The number of nitrogens with one attached hydrogen (secondary N) is 2. The van der Waals surface area contributed by atoms with E-state index in [1.54, 1.807) is 19.1 Å². The van der Waals surface area contributed by atoms with Crippen molar-refractivity contribution in [2.75, 3.05) is 13.1 Å². The number of halogens is 1. The topological polar surface area (TPSA) is 93.5 Å². The zero-order chi connectivity index (χ0) is 17.4. The highest BCUT2D eigenvalue weighted by atomic mass is 19.1. The van der Waals surface area contributed by atoms with Crippen LogP contribution in [-0.4, -0.2) is 37.0 Å². The standard InChI is InChI=1S/C16H24FN3O3/c1-10(2)15(18)16(22)20-9-14(21)19-8-11(3)23-13-7-5-4-6-12(13)17/h4-7,10-11,15H,8-9,18H2,1-3H3,(H,19,21)(H,20,22)/t11?,15-/m0/s1. The van der Waals surface area contributed by atoms with E-state index in [2.05, 4.69) is 10.6 Å². The van der Waals surface area contributed by atoms with Crippen LogP contribution in [0.25, 0.3) is 0 Å². The second-order valence-electron chi connectivity index (χ2n) is 5.65. The van der Waals surface area contributed by atoms with Crippen molar-refractivity contribution in [2.45, 2.75) is 32.9 Å². The van der Waals surface area contributed by atoms with Crippen LogP contribution in [0, 0.1) is 11.7 Å². The Labute approximate surface area is 135 Å². The Bertz CT molecular complexity index is 537. The van der Waals surface area contributed by atoms with Gasteiger partial charge in [-0.2, -0.15) is 0 Å². The summed E-state index contributed by atoms with van der Waals surface area (Å²) in [7, 11) is 0. The molecule has 7 heteroatoms. The number of hydrogen-bond acceptors (Lipinski definition) is 4. The van der Waals surface area contributed by atoms with Gasteiger partial charge >= 0.3 is 0 Å². The molecule has 0 fully saturated rings. The number of carbonyl (C=O) groups is 2. The molecule has 1 aromatic rings. The monoisotopic (exact) mass is 325 g/mol. The molecule has 0 aliphatic carbocycles. The normalized spacial score (nSPS) is 13.3. The van der Waals surface area contributed by atoms with Crippen LogP contribution < -0.4 is 21.1 Å². The third-order valence-corrected chi connectivity index (χ3v) is 3.20. The summed E-state index contributed by atoms with van der Waals surface area (Å²) in [5.41, 5.74) is 5.67. The first-order valence-electron chi connectivity index (χ1n) is 7.52. The SMILES string of the molecule is CC(CNC(=O)CNC(=O)[C@@H](N)C(C)C)Oc1ccccc1F. The summed E-state index contributed by atoms with van der Waals surface area (Å²) in [4.78, 5) is 23.3. The summed E-state index contributed by atoms with van der Waals surface area (Å²) in [5.74, 6) is -1.07. The van der Waals surface area contributed by atoms with E-state index in [0.717, 1.165) is 0 Å². The Morgan fingerprint density at radius 3 is 2.48 bits per heavy atom. The molecule has 1 unspecified atom stereocenters. The summed E-state index contributed by atoms with van der Waals surface area (Å²) in [5, 5.41) is 5.07. The Morgan fingerprint density at radius 1 is 1.22 bits per heavy atom. The molecule has 128 valence electrons. The van der Waals surface area contributed by atoms with E-state index in [1.165, 1.54) is 12.1 Å². The van der Waals surface area contributed by atoms with Gasteiger partial charge in [0.05, 0.1) is 19.1 Å². The molecule has 0 radical (unpaired) electrons. The smallest absolute Gasteiger partial charge is 0.239 e. The van der Waals surface area contributed by atoms with E-state index >= 15 is 0 Å². The summed E-state index contributed by atoms with van der Waals surface area (Å²) in [6, 6.07) is 5.40. The average molecular weight is 325 g/mol. The van der Waals surface area contributed by atoms with Crippen LogP contribution >= 0.6 is 0 Å². The highest BCUT2D eigenvalue weighted by Gasteiger charge is 2.17. The van der Waals surface area contributed by atoms with E-state index in [-0.39, 0.29) is 36.6 Å². The average Bonchev–Trinajstić information content (AvgIpc) is 2.51. The third-order valence-electron chi connectivity index (χ3n) is 3.20. The predicted molar refractivity (Wildman–Crippen MR) is 85.3 cm³/mol. The van der Waals surface area contributed by atoms with Crippen molar-refractivity contribution in [3.05, 3.63) is 30.1 Å². The van der Waals surface area contributed by atoms with Gasteiger partial charge in [0.25, 0.3) is 0 Å². The molecule has 2 amide bonds. The van der Waals surface area contributed by atoms with E-state index in [4.69, 9.17) is 10.5 Å². The maximum atomic E-state index is 13.4. The van der Waals surface area contributed by atoms with Gasteiger partial charge in [-0.05, 0) is 25.0 Å². The maximum absolute atomic E-state index is 13.4. The van der Waals surface area contributed by atoms with Gasteiger partial charge in [-0.25, -0.2) is 4.39 Å². The highest BCUT2D eigenvalue weighted by molar-refractivity contribution is 5.87. The summed E-state index contributed by atoms with van der Waals surface area (Å²) < 4.78 is 18.8. The maximum Gasteiger partial charge on any atom is 0.239 e. The minimum atomic E-state index is -0.647. The van der Waals surface area contributed by atoms with Crippen LogP contribution in [0.15, 0.2) is 24.3 Å². The third kappa shape index (κ3) is 6.65. The summed E-state index contributed by atoms with van der Waals surface area (Å²) in [6.45, 7) is 5.39. The summed E-state index contributed by atoms with van der Waals surface area (Å²) in [6.07, 6.45) is -0.413. The van der Waals surface area contributed by atoms with Gasteiger partial charge in [-0.15, -0.1) is 0 Å². The van der Waals surface area contributed by atoms with Crippen LogP contribution in [0.1, 0.15) is 20.8 Å². The molecule has 23 heavy (non-hydrogen) atoms. The first-order chi connectivity index (χ1) is 10.8. The lowest BCUT2D eigenvalue weighted by atomic mass is 10.1. The predicted octanol–water partition coefficient (Wildman–Crippen LogP) is 0.809. The lowest BCUT2D eigenvalue weighted by Crippen LogP contribution is -2.47. The molecule has 0 spiro atoms. The Morgan fingerprint density at radius 2 is 1.87 bits per heavy atom. The number of carbonyl (C=O) groups excluding carboxylic acids is 2. The molecular weight excluding hydrogens is 301 g/mol. The van der Waals surface area contributed by atoms with Crippen LogP contribution in [0.4, 0.5) is 4.39 Å². The van der Waals surface area contributed by atoms with Crippen molar-refractivity contribution < 1.29 is 18.7 Å². The van der Waals surface area contributed by atoms with Gasteiger partial charge in [0.1, 0.15) is 6.10 Å². The number of hydrogen-bond donors (Lipinski definition) is 3. The van der Waals surface area contributed by atoms with Crippen molar-refractivity contribution in [3.63, 3.8) is 0 Å². The van der Waals surface area contributed by atoms with Gasteiger partial charge in [0.2, 0.25) is 11.8 Å². The molecule has 1 rings (SSSR count). The van der Waals surface area contributed by atoms with Gasteiger partial charge in [0.15, 0.2) is 11.6 Å². The molecule has 6 nitrogen and oxygen atoms in total. The van der Waals surface area contributed by atoms with Crippen molar-refractivity contribution >= 4 is 11.8 Å². The zero-order valence-electron chi connectivity index (χ0n) is 13.6. The van der Waals surface area contributed by atoms with E-state index in [1.807, 2.05) is 13.8 Å². The molecule has 0 aliphatic rings. The molecule has 1 aromatic carbocycles. The fraction of sp³-hybridized carbons (Fsp3) is 0.500. The van der Waals surface area contributed by atoms with Crippen LogP contribution in [0.3, 0.4) is 0 Å². The number of benzene rings is 1.